The van der Waals surface area contributed by atoms with Gasteiger partial charge >= 0.3 is 12.0 Å². The number of sulfonamides is 1. The average molecular weight is 425 g/mol. The van der Waals surface area contributed by atoms with Gasteiger partial charge in [-0.15, -0.1) is 0 Å². The summed E-state index contributed by atoms with van der Waals surface area (Å²) in [6, 6.07) is 4.74. The zero-order chi connectivity index (χ0) is 21.8. The Balaban J connectivity index is 1.98. The molecule has 1 aliphatic rings. The van der Waals surface area contributed by atoms with E-state index < -0.39 is 40.0 Å². The maximum atomic E-state index is 12.8. The fourth-order valence-electron chi connectivity index (χ4n) is 2.90. The predicted octanol–water partition coefficient (Wildman–Crippen LogP) is 0.417. The molecule has 1 fully saturated rings. The molecule has 0 aliphatic carbocycles. The number of imide groups is 1. The van der Waals surface area contributed by atoms with Crippen LogP contribution >= 0.6 is 0 Å². The molecular formula is C18H23N3O7S. The first kappa shape index (κ1) is 22.5. The Hall–Kier alpha value is -2.79. The van der Waals surface area contributed by atoms with Gasteiger partial charge in [0.2, 0.25) is 10.0 Å². The molecule has 158 valence electrons. The average Bonchev–Trinajstić information content (AvgIpc) is 2.67. The third-order valence-electron chi connectivity index (χ3n) is 4.57. The van der Waals surface area contributed by atoms with E-state index in [2.05, 4.69) is 0 Å². The van der Waals surface area contributed by atoms with Crippen molar-refractivity contribution < 1.29 is 32.3 Å². The van der Waals surface area contributed by atoms with E-state index in [-0.39, 0.29) is 36.6 Å². The number of benzene rings is 1. The number of piperidine rings is 1. The van der Waals surface area contributed by atoms with Gasteiger partial charge in [0.25, 0.3) is 5.91 Å². The number of amides is 3. The highest BCUT2D eigenvalue weighted by molar-refractivity contribution is 7.89. The van der Waals surface area contributed by atoms with Gasteiger partial charge in [-0.25, -0.2) is 13.2 Å². The van der Waals surface area contributed by atoms with Crippen LogP contribution in [-0.2, 0) is 24.3 Å². The summed E-state index contributed by atoms with van der Waals surface area (Å²) in [6.45, 7) is 2.84. The lowest BCUT2D eigenvalue weighted by Crippen LogP contribution is -2.44. The monoisotopic (exact) mass is 425 g/mol. The van der Waals surface area contributed by atoms with Crippen LogP contribution in [0.1, 0.15) is 37.0 Å². The summed E-state index contributed by atoms with van der Waals surface area (Å²) < 4.78 is 31.9. The molecule has 1 saturated heterocycles. The smallest absolute Gasteiger partial charge is 0.318 e. The van der Waals surface area contributed by atoms with Crippen LogP contribution < -0.4 is 11.1 Å². The lowest BCUT2D eigenvalue weighted by atomic mass is 9.98. The van der Waals surface area contributed by atoms with Crippen molar-refractivity contribution in [3.8, 4) is 0 Å². The van der Waals surface area contributed by atoms with Gasteiger partial charge in [0.15, 0.2) is 11.9 Å². The Morgan fingerprint density at radius 3 is 2.38 bits per heavy atom. The standard InChI is InChI=1S/C18H23N3O7S/c1-11(22)14-4-3-5-15(10-14)29(26,27)21-8-6-13(7-9-21)17(24)28-12(2)16(23)20-18(19)25/h3-5,10,12-13H,6-9H2,1-2H3,(H3,19,20,23,25). The molecular weight excluding hydrogens is 402 g/mol. The minimum absolute atomic E-state index is 0.0166. The predicted molar refractivity (Wildman–Crippen MR) is 101 cm³/mol. The Morgan fingerprint density at radius 1 is 1.21 bits per heavy atom. The molecule has 1 aromatic rings. The van der Waals surface area contributed by atoms with E-state index in [1.807, 2.05) is 5.32 Å². The Bertz CT molecular complexity index is 921. The number of carbonyl (C=O) groups is 4. The van der Waals surface area contributed by atoms with E-state index in [0.29, 0.717) is 5.56 Å². The number of hydrogen-bond acceptors (Lipinski definition) is 7. The van der Waals surface area contributed by atoms with Gasteiger partial charge in [-0.3, -0.25) is 19.7 Å². The third kappa shape index (κ3) is 5.61. The van der Waals surface area contributed by atoms with Gasteiger partial charge in [-0.2, -0.15) is 4.31 Å². The molecule has 1 aromatic carbocycles. The van der Waals surface area contributed by atoms with Crippen LogP contribution in [0.5, 0.6) is 0 Å². The second-order valence-electron chi connectivity index (χ2n) is 6.69. The molecule has 3 N–H and O–H groups in total. The first-order valence-corrected chi connectivity index (χ1v) is 10.4. The molecule has 29 heavy (non-hydrogen) atoms. The lowest BCUT2D eigenvalue weighted by Gasteiger charge is -2.30. The number of carbonyl (C=O) groups excluding carboxylic acids is 4. The van der Waals surface area contributed by atoms with E-state index in [4.69, 9.17) is 10.5 Å². The van der Waals surface area contributed by atoms with E-state index in [1.165, 1.54) is 36.4 Å². The first-order chi connectivity index (χ1) is 13.5. The van der Waals surface area contributed by atoms with Crippen molar-refractivity contribution in [1.82, 2.24) is 9.62 Å². The van der Waals surface area contributed by atoms with Crippen LogP contribution in [0.2, 0.25) is 0 Å². The van der Waals surface area contributed by atoms with Crippen molar-refractivity contribution in [3.63, 3.8) is 0 Å². The minimum Gasteiger partial charge on any atom is -0.452 e. The molecule has 1 aliphatic heterocycles. The summed E-state index contributed by atoms with van der Waals surface area (Å²) in [4.78, 5) is 46.0. The van der Waals surface area contributed by atoms with Crippen molar-refractivity contribution in [3.05, 3.63) is 29.8 Å². The Labute approximate surface area is 168 Å². The summed E-state index contributed by atoms with van der Waals surface area (Å²) in [5.41, 5.74) is 5.14. The number of ketones is 1. The minimum atomic E-state index is -3.80. The Morgan fingerprint density at radius 2 is 1.83 bits per heavy atom. The second kappa shape index (κ2) is 9.14. The van der Waals surface area contributed by atoms with Crippen molar-refractivity contribution in [2.75, 3.05) is 13.1 Å². The molecule has 1 atom stereocenters. The molecule has 0 saturated carbocycles. The molecule has 0 aromatic heterocycles. The number of esters is 1. The zero-order valence-electron chi connectivity index (χ0n) is 16.1. The molecule has 0 radical (unpaired) electrons. The van der Waals surface area contributed by atoms with Crippen LogP contribution in [0.4, 0.5) is 4.79 Å². The number of primary amides is 1. The number of Topliss-reactive ketones (excluding diaryl/α,β-unsaturated/α-hetero) is 1. The zero-order valence-corrected chi connectivity index (χ0v) is 16.9. The van der Waals surface area contributed by atoms with Gasteiger partial charge in [0.1, 0.15) is 0 Å². The number of rotatable bonds is 6. The quantitative estimate of drug-likeness (QED) is 0.494. The number of nitrogens with one attached hydrogen (secondary N) is 1. The fraction of sp³-hybridized carbons (Fsp3) is 0.444. The molecule has 10 nitrogen and oxygen atoms in total. The number of urea groups is 1. The Kier molecular flexibility index (Phi) is 7.09. The number of ether oxygens (including phenoxy) is 1. The number of nitrogens with zero attached hydrogens (tertiary/aromatic N) is 1. The summed E-state index contributed by atoms with van der Waals surface area (Å²) in [6.07, 6.45) is -0.769. The normalized spacial score (nSPS) is 16.6. The topological polar surface area (TPSA) is 153 Å². The van der Waals surface area contributed by atoms with Crippen molar-refractivity contribution in [2.45, 2.75) is 37.7 Å². The third-order valence-corrected chi connectivity index (χ3v) is 6.47. The van der Waals surface area contributed by atoms with Crippen LogP contribution in [0.25, 0.3) is 0 Å². The summed E-state index contributed by atoms with van der Waals surface area (Å²) in [5.74, 6) is -2.30. The largest absolute Gasteiger partial charge is 0.452 e. The molecule has 1 unspecified atom stereocenters. The van der Waals surface area contributed by atoms with Crippen molar-refractivity contribution >= 4 is 33.7 Å². The maximum absolute atomic E-state index is 12.8. The first-order valence-electron chi connectivity index (χ1n) is 8.94. The molecule has 3 amide bonds. The van der Waals surface area contributed by atoms with Crippen LogP contribution in [-0.4, -0.2) is 55.6 Å². The molecule has 0 spiro atoms. The van der Waals surface area contributed by atoms with Crippen LogP contribution in [0, 0.1) is 5.92 Å². The highest BCUT2D eigenvalue weighted by atomic mass is 32.2. The summed E-state index contributed by atoms with van der Waals surface area (Å²) >= 11 is 0. The molecule has 2 rings (SSSR count). The molecule has 1 heterocycles. The highest BCUT2D eigenvalue weighted by Crippen LogP contribution is 2.25. The molecule has 11 heteroatoms. The van der Waals surface area contributed by atoms with E-state index >= 15 is 0 Å². The van der Waals surface area contributed by atoms with Crippen LogP contribution in [0.3, 0.4) is 0 Å². The number of hydrogen-bond donors (Lipinski definition) is 2. The van der Waals surface area contributed by atoms with Gasteiger partial charge in [0.05, 0.1) is 10.8 Å². The van der Waals surface area contributed by atoms with E-state index in [1.54, 1.807) is 6.07 Å². The van der Waals surface area contributed by atoms with Crippen molar-refractivity contribution in [2.24, 2.45) is 11.7 Å². The van der Waals surface area contributed by atoms with Crippen molar-refractivity contribution in [1.29, 1.82) is 0 Å². The maximum Gasteiger partial charge on any atom is 0.318 e. The van der Waals surface area contributed by atoms with Gasteiger partial charge in [-0.1, -0.05) is 12.1 Å². The van der Waals surface area contributed by atoms with Crippen LogP contribution in [0.15, 0.2) is 29.2 Å². The SMILES string of the molecule is CC(=O)c1cccc(S(=O)(=O)N2CCC(C(=O)OC(C)C(=O)NC(N)=O)CC2)c1. The van der Waals surface area contributed by atoms with Gasteiger partial charge in [0, 0.05) is 18.7 Å². The van der Waals surface area contributed by atoms with E-state index in [0.717, 1.165) is 0 Å². The highest BCUT2D eigenvalue weighted by Gasteiger charge is 2.34. The second-order valence-corrected chi connectivity index (χ2v) is 8.63. The van der Waals surface area contributed by atoms with E-state index in [9.17, 15) is 27.6 Å². The van der Waals surface area contributed by atoms with Gasteiger partial charge < -0.3 is 10.5 Å². The lowest BCUT2D eigenvalue weighted by molar-refractivity contribution is -0.159. The summed E-state index contributed by atoms with van der Waals surface area (Å²) in [7, 11) is -3.80. The summed E-state index contributed by atoms with van der Waals surface area (Å²) in [5, 5.41) is 1.82. The van der Waals surface area contributed by atoms with Gasteiger partial charge in [-0.05, 0) is 38.8 Å². The fourth-order valence-corrected chi connectivity index (χ4v) is 4.42. The molecule has 0 bridgehead atoms. The number of nitrogens with two attached hydrogens (primary N) is 1.